The zero-order valence-electron chi connectivity index (χ0n) is 15.6. The molecule has 2 aromatic carbocycles. The Morgan fingerprint density at radius 3 is 2.46 bits per heavy atom. The number of oxime groups is 1. The Hall–Kier alpha value is -2.86. The molecule has 0 aliphatic heterocycles. The number of methoxy groups -OCH3 is 1. The molecule has 0 unspecified atom stereocenters. The van der Waals surface area contributed by atoms with Gasteiger partial charge in [-0.2, -0.15) is 5.06 Å². The summed E-state index contributed by atoms with van der Waals surface area (Å²) in [6.45, 7) is 6.24. The number of benzene rings is 2. The number of hydrogen-bond donors (Lipinski definition) is 0. The molecular weight excluding hydrogens is 332 g/mol. The van der Waals surface area contributed by atoms with Gasteiger partial charge >= 0.3 is 6.09 Å². The second-order valence-electron chi connectivity index (χ2n) is 5.63. The molecule has 138 valence electrons. The van der Waals surface area contributed by atoms with Crippen molar-refractivity contribution >= 4 is 17.5 Å². The van der Waals surface area contributed by atoms with Crippen LogP contribution in [-0.2, 0) is 21.0 Å². The second-order valence-corrected chi connectivity index (χ2v) is 5.63. The predicted molar refractivity (Wildman–Crippen MR) is 101 cm³/mol. The molecule has 6 nitrogen and oxygen atoms in total. The van der Waals surface area contributed by atoms with Crippen molar-refractivity contribution in [1.82, 2.24) is 0 Å². The zero-order valence-corrected chi connectivity index (χ0v) is 15.6. The summed E-state index contributed by atoms with van der Waals surface area (Å²) in [4.78, 5) is 22.9. The van der Waals surface area contributed by atoms with Crippen molar-refractivity contribution in [3.63, 3.8) is 0 Å². The number of hydroxylamine groups is 1. The Balaban J connectivity index is 2.13. The van der Waals surface area contributed by atoms with Crippen LogP contribution >= 0.6 is 0 Å². The van der Waals surface area contributed by atoms with E-state index < -0.39 is 6.09 Å². The summed E-state index contributed by atoms with van der Waals surface area (Å²) >= 11 is 0. The van der Waals surface area contributed by atoms with E-state index in [0.717, 1.165) is 21.9 Å². The Morgan fingerprint density at radius 1 is 1.12 bits per heavy atom. The van der Waals surface area contributed by atoms with Crippen LogP contribution in [0.25, 0.3) is 0 Å². The van der Waals surface area contributed by atoms with Crippen LogP contribution in [0.1, 0.15) is 30.5 Å². The van der Waals surface area contributed by atoms with Gasteiger partial charge in [-0.1, -0.05) is 53.2 Å². The fraction of sp³-hybridized carbons (Fsp3) is 0.300. The molecule has 1 amide bonds. The number of ether oxygens (including phenoxy) is 1. The van der Waals surface area contributed by atoms with E-state index in [-0.39, 0.29) is 6.61 Å². The van der Waals surface area contributed by atoms with Gasteiger partial charge in [0.2, 0.25) is 0 Å². The average molecular weight is 356 g/mol. The smallest absolute Gasteiger partial charge is 0.438 e. The van der Waals surface area contributed by atoms with E-state index in [2.05, 4.69) is 5.16 Å². The van der Waals surface area contributed by atoms with Gasteiger partial charge in [0.05, 0.1) is 25.1 Å². The monoisotopic (exact) mass is 356 g/mol. The Morgan fingerprint density at radius 2 is 1.81 bits per heavy atom. The van der Waals surface area contributed by atoms with Gasteiger partial charge in [-0.3, -0.25) is 4.84 Å². The molecule has 26 heavy (non-hydrogen) atoms. The fourth-order valence-corrected chi connectivity index (χ4v) is 2.31. The lowest BCUT2D eigenvalue weighted by atomic mass is 10.1. The molecule has 0 aliphatic carbocycles. The SMILES string of the molecule is CCON(C(=O)OC)c1ccccc1CO/N=C(\C)c1ccc(C)cc1. The molecule has 0 saturated heterocycles. The van der Waals surface area contributed by atoms with Gasteiger partial charge in [-0.05, 0) is 32.4 Å². The van der Waals surface area contributed by atoms with E-state index in [1.54, 1.807) is 13.0 Å². The number of carbonyl (C=O) groups excluding carboxylic acids is 1. The minimum absolute atomic E-state index is 0.194. The van der Waals surface area contributed by atoms with Gasteiger partial charge in [-0.25, -0.2) is 4.79 Å². The van der Waals surface area contributed by atoms with Crippen LogP contribution in [0.5, 0.6) is 0 Å². The minimum atomic E-state index is -0.598. The van der Waals surface area contributed by atoms with Crippen LogP contribution in [-0.4, -0.2) is 25.5 Å². The summed E-state index contributed by atoms with van der Waals surface area (Å²) in [5.74, 6) is 0. The number of aryl methyl sites for hydroxylation is 1. The van der Waals surface area contributed by atoms with E-state index in [4.69, 9.17) is 14.4 Å². The largest absolute Gasteiger partial charge is 0.451 e. The molecular formula is C20H24N2O4. The van der Waals surface area contributed by atoms with Gasteiger partial charge in [0.15, 0.2) is 0 Å². The topological polar surface area (TPSA) is 60.4 Å². The molecule has 0 aliphatic rings. The van der Waals surface area contributed by atoms with E-state index in [0.29, 0.717) is 12.3 Å². The van der Waals surface area contributed by atoms with E-state index in [1.165, 1.54) is 12.7 Å². The predicted octanol–water partition coefficient (Wildman–Crippen LogP) is 4.46. The van der Waals surface area contributed by atoms with Crippen LogP contribution < -0.4 is 5.06 Å². The summed E-state index contributed by atoms with van der Waals surface area (Å²) in [6.07, 6.45) is -0.598. The summed E-state index contributed by atoms with van der Waals surface area (Å²) in [5.41, 5.74) is 4.28. The van der Waals surface area contributed by atoms with E-state index >= 15 is 0 Å². The summed E-state index contributed by atoms with van der Waals surface area (Å²) < 4.78 is 4.78. The first-order chi connectivity index (χ1) is 12.6. The molecule has 0 spiro atoms. The van der Waals surface area contributed by atoms with Gasteiger partial charge < -0.3 is 9.57 Å². The van der Waals surface area contributed by atoms with Crippen molar-refractivity contribution in [2.45, 2.75) is 27.4 Å². The number of hydrogen-bond acceptors (Lipinski definition) is 5. The highest BCUT2D eigenvalue weighted by Crippen LogP contribution is 2.22. The number of para-hydroxylation sites is 1. The number of carbonyl (C=O) groups is 1. The van der Waals surface area contributed by atoms with Gasteiger partial charge in [0, 0.05) is 5.56 Å². The third-order valence-electron chi connectivity index (χ3n) is 3.70. The maximum Gasteiger partial charge on any atom is 0.438 e. The minimum Gasteiger partial charge on any atom is -0.451 e. The molecule has 2 rings (SSSR count). The number of amides is 1. The summed E-state index contributed by atoms with van der Waals surface area (Å²) in [7, 11) is 1.31. The molecule has 0 radical (unpaired) electrons. The Bertz CT molecular complexity index is 757. The van der Waals surface area contributed by atoms with Crippen molar-refractivity contribution < 1.29 is 19.2 Å². The highest BCUT2D eigenvalue weighted by atomic mass is 16.7. The summed E-state index contributed by atoms with van der Waals surface area (Å²) in [6, 6.07) is 15.3. The fourth-order valence-electron chi connectivity index (χ4n) is 2.31. The quantitative estimate of drug-likeness (QED) is 0.543. The van der Waals surface area contributed by atoms with E-state index in [1.807, 2.05) is 56.3 Å². The van der Waals surface area contributed by atoms with Crippen molar-refractivity contribution in [1.29, 1.82) is 0 Å². The van der Waals surface area contributed by atoms with Gasteiger partial charge in [-0.15, -0.1) is 0 Å². The van der Waals surface area contributed by atoms with Crippen molar-refractivity contribution in [2.75, 3.05) is 18.8 Å². The van der Waals surface area contributed by atoms with E-state index in [9.17, 15) is 4.79 Å². The molecule has 2 aromatic rings. The Labute approximate surface area is 153 Å². The van der Waals surface area contributed by atoms with Gasteiger partial charge in [0.1, 0.15) is 6.61 Å². The number of anilines is 1. The molecule has 0 heterocycles. The molecule has 0 saturated carbocycles. The van der Waals surface area contributed by atoms with Gasteiger partial charge in [0.25, 0.3) is 0 Å². The maximum absolute atomic E-state index is 12.0. The lowest BCUT2D eigenvalue weighted by Gasteiger charge is -2.21. The number of rotatable bonds is 7. The zero-order chi connectivity index (χ0) is 18.9. The van der Waals surface area contributed by atoms with Crippen LogP contribution in [0.4, 0.5) is 10.5 Å². The van der Waals surface area contributed by atoms with Crippen molar-refractivity contribution in [2.24, 2.45) is 5.16 Å². The molecule has 0 fully saturated rings. The van der Waals surface area contributed by atoms with Crippen molar-refractivity contribution in [3.05, 3.63) is 65.2 Å². The van der Waals surface area contributed by atoms with Crippen LogP contribution in [0, 0.1) is 6.92 Å². The highest BCUT2D eigenvalue weighted by Gasteiger charge is 2.20. The first-order valence-electron chi connectivity index (χ1n) is 8.39. The maximum atomic E-state index is 12.0. The Kier molecular flexibility index (Phi) is 7.17. The second kappa shape index (κ2) is 9.58. The summed E-state index contributed by atoms with van der Waals surface area (Å²) in [5, 5.41) is 5.29. The third-order valence-corrected chi connectivity index (χ3v) is 3.70. The lowest BCUT2D eigenvalue weighted by molar-refractivity contribution is 0.0899. The first kappa shape index (κ1) is 19.5. The molecule has 6 heteroatoms. The highest BCUT2D eigenvalue weighted by molar-refractivity contribution is 5.98. The lowest BCUT2D eigenvalue weighted by Crippen LogP contribution is -2.31. The molecule has 0 atom stereocenters. The molecule has 0 bridgehead atoms. The molecule has 0 N–H and O–H groups in total. The normalized spacial score (nSPS) is 11.2. The van der Waals surface area contributed by atoms with Crippen LogP contribution in [0.2, 0.25) is 0 Å². The standard InChI is InChI=1S/C20H24N2O4/c1-5-26-22(20(23)24-4)19-9-7-6-8-18(19)14-25-21-16(3)17-12-10-15(2)11-13-17/h6-13H,5,14H2,1-4H3/b21-16+. The third kappa shape index (κ3) is 5.07. The van der Waals surface area contributed by atoms with Crippen molar-refractivity contribution in [3.8, 4) is 0 Å². The van der Waals surface area contributed by atoms with Crippen LogP contribution in [0.3, 0.4) is 0 Å². The number of nitrogens with zero attached hydrogens (tertiary/aromatic N) is 2. The van der Waals surface area contributed by atoms with Crippen LogP contribution in [0.15, 0.2) is 53.7 Å². The first-order valence-corrected chi connectivity index (χ1v) is 8.39. The molecule has 0 aromatic heterocycles. The average Bonchev–Trinajstić information content (AvgIpc) is 2.66.